The second kappa shape index (κ2) is 2.13. The number of aromatic nitrogens is 2. The maximum Gasteiger partial charge on any atom is 0.115 e. The molecule has 0 saturated heterocycles. The minimum atomic E-state index is 0.887. The number of hydrogen-bond acceptors (Lipinski definition) is 3. The second-order valence-electron chi connectivity index (χ2n) is 2.13. The number of aliphatic imine (C=N–C) groups is 1. The van der Waals surface area contributed by atoms with Crippen molar-refractivity contribution < 1.29 is 0 Å². The number of imidazole rings is 1. The summed E-state index contributed by atoms with van der Waals surface area (Å²) in [4.78, 5) is 8.00. The smallest absolute Gasteiger partial charge is 0.115 e. The fraction of sp³-hybridized carbons (Fsp3) is 0.333. The summed E-state index contributed by atoms with van der Waals surface area (Å²) in [5, 5.41) is 2.01. The lowest BCUT2D eigenvalue weighted by Gasteiger charge is -2.13. The average molecular weight is 136 g/mol. The van der Waals surface area contributed by atoms with Crippen molar-refractivity contribution in [2.75, 3.05) is 18.1 Å². The molecular weight excluding hydrogens is 128 g/mol. The Labute approximate surface area is 58.8 Å². The van der Waals surface area contributed by atoms with Crippen molar-refractivity contribution in [3.05, 3.63) is 18.7 Å². The molecule has 1 aromatic rings. The van der Waals surface area contributed by atoms with E-state index in [1.807, 2.05) is 22.2 Å². The molecule has 10 heavy (non-hydrogen) atoms. The zero-order chi connectivity index (χ0) is 6.81. The molecular formula is C6H8N4. The standard InChI is InChI=1S/C6H8N4/c1-3-9(5-7-1)10-4-2-8-6-10/h1,3,5-6H,2,4H2. The molecule has 0 unspecified atom stereocenters. The van der Waals surface area contributed by atoms with Crippen LogP contribution in [-0.4, -0.2) is 29.1 Å². The van der Waals surface area contributed by atoms with Gasteiger partial charge in [0, 0.05) is 12.4 Å². The van der Waals surface area contributed by atoms with E-state index >= 15 is 0 Å². The highest BCUT2D eigenvalue weighted by atomic mass is 15.6. The molecule has 0 fully saturated rings. The van der Waals surface area contributed by atoms with E-state index < -0.39 is 0 Å². The van der Waals surface area contributed by atoms with Crippen LogP contribution in [0.2, 0.25) is 0 Å². The van der Waals surface area contributed by atoms with Gasteiger partial charge in [-0.05, 0) is 0 Å². The van der Waals surface area contributed by atoms with E-state index in [4.69, 9.17) is 0 Å². The topological polar surface area (TPSA) is 33.4 Å². The van der Waals surface area contributed by atoms with Crippen LogP contribution in [0.1, 0.15) is 0 Å². The third-order valence-electron chi connectivity index (χ3n) is 1.46. The van der Waals surface area contributed by atoms with Crippen molar-refractivity contribution in [1.29, 1.82) is 0 Å². The number of hydrogen-bond donors (Lipinski definition) is 0. The van der Waals surface area contributed by atoms with Crippen LogP contribution in [0.4, 0.5) is 0 Å². The van der Waals surface area contributed by atoms with Gasteiger partial charge in [0.25, 0.3) is 0 Å². The van der Waals surface area contributed by atoms with E-state index in [9.17, 15) is 0 Å². The molecule has 0 saturated carbocycles. The molecule has 52 valence electrons. The predicted molar refractivity (Wildman–Crippen MR) is 38.7 cm³/mol. The van der Waals surface area contributed by atoms with Gasteiger partial charge < -0.3 is 0 Å². The molecule has 1 aromatic heterocycles. The van der Waals surface area contributed by atoms with Crippen LogP contribution in [0.3, 0.4) is 0 Å². The summed E-state index contributed by atoms with van der Waals surface area (Å²) in [6.07, 6.45) is 7.24. The maximum atomic E-state index is 4.07. The molecule has 0 spiro atoms. The van der Waals surface area contributed by atoms with Crippen LogP contribution in [0.5, 0.6) is 0 Å². The van der Waals surface area contributed by atoms with Crippen LogP contribution in [0.25, 0.3) is 0 Å². The Morgan fingerprint density at radius 3 is 3.00 bits per heavy atom. The van der Waals surface area contributed by atoms with Gasteiger partial charge in [-0.15, -0.1) is 0 Å². The Balaban J connectivity index is 2.20. The Morgan fingerprint density at radius 2 is 2.40 bits per heavy atom. The van der Waals surface area contributed by atoms with Gasteiger partial charge in [0.05, 0.1) is 13.1 Å². The number of nitrogens with zero attached hydrogens (tertiary/aromatic N) is 4. The van der Waals surface area contributed by atoms with Gasteiger partial charge in [-0.25, -0.2) is 9.66 Å². The average Bonchev–Trinajstić information content (AvgIpc) is 2.59. The molecule has 0 N–H and O–H groups in total. The third-order valence-corrected chi connectivity index (χ3v) is 1.46. The summed E-state index contributed by atoms with van der Waals surface area (Å²) in [5.41, 5.74) is 0. The lowest BCUT2D eigenvalue weighted by molar-refractivity contribution is 0.752. The SMILES string of the molecule is C1=NCCN1n1ccnc1. The van der Waals surface area contributed by atoms with Crippen molar-refractivity contribution in [1.82, 2.24) is 9.66 Å². The highest BCUT2D eigenvalue weighted by Crippen LogP contribution is 1.92. The van der Waals surface area contributed by atoms with Crippen LogP contribution < -0.4 is 5.01 Å². The Morgan fingerprint density at radius 1 is 1.40 bits per heavy atom. The van der Waals surface area contributed by atoms with E-state index in [0.717, 1.165) is 13.1 Å². The fourth-order valence-electron chi connectivity index (χ4n) is 0.949. The molecule has 1 aliphatic heterocycles. The summed E-state index contributed by atoms with van der Waals surface area (Å²) >= 11 is 0. The maximum absolute atomic E-state index is 4.07. The first-order valence-corrected chi connectivity index (χ1v) is 3.21. The molecule has 2 heterocycles. The molecule has 0 aliphatic carbocycles. The van der Waals surface area contributed by atoms with Crippen molar-refractivity contribution in [3.63, 3.8) is 0 Å². The second-order valence-corrected chi connectivity index (χ2v) is 2.13. The highest BCUT2D eigenvalue weighted by molar-refractivity contribution is 5.69. The zero-order valence-corrected chi connectivity index (χ0v) is 5.51. The Bertz CT molecular complexity index is 226. The molecule has 0 atom stereocenters. The molecule has 0 bridgehead atoms. The van der Waals surface area contributed by atoms with E-state index in [0.29, 0.717) is 0 Å². The van der Waals surface area contributed by atoms with E-state index in [1.54, 1.807) is 12.5 Å². The van der Waals surface area contributed by atoms with Crippen molar-refractivity contribution in [2.24, 2.45) is 4.99 Å². The van der Waals surface area contributed by atoms with Crippen molar-refractivity contribution >= 4 is 6.34 Å². The summed E-state index contributed by atoms with van der Waals surface area (Å²) in [6, 6.07) is 0. The molecule has 0 amide bonds. The first-order valence-electron chi connectivity index (χ1n) is 3.21. The quantitative estimate of drug-likeness (QED) is 0.538. The highest BCUT2D eigenvalue weighted by Gasteiger charge is 2.04. The van der Waals surface area contributed by atoms with Crippen LogP contribution in [0.15, 0.2) is 23.7 Å². The normalized spacial score (nSPS) is 16.6. The van der Waals surface area contributed by atoms with Gasteiger partial charge in [0.1, 0.15) is 12.7 Å². The molecule has 1 aliphatic rings. The summed E-state index contributed by atoms with van der Waals surface area (Å²) in [7, 11) is 0. The van der Waals surface area contributed by atoms with Crippen LogP contribution in [-0.2, 0) is 0 Å². The molecule has 0 radical (unpaired) electrons. The van der Waals surface area contributed by atoms with Gasteiger partial charge in [-0.1, -0.05) is 0 Å². The molecule has 2 rings (SSSR count). The van der Waals surface area contributed by atoms with E-state index in [-0.39, 0.29) is 0 Å². The van der Waals surface area contributed by atoms with Gasteiger partial charge in [-0.2, -0.15) is 0 Å². The molecule has 4 nitrogen and oxygen atoms in total. The first-order chi connectivity index (χ1) is 4.97. The van der Waals surface area contributed by atoms with Crippen molar-refractivity contribution in [2.45, 2.75) is 0 Å². The largest absolute Gasteiger partial charge is 0.272 e. The lowest BCUT2D eigenvalue weighted by Crippen LogP contribution is -2.29. The van der Waals surface area contributed by atoms with E-state index in [1.165, 1.54) is 0 Å². The summed E-state index contributed by atoms with van der Waals surface area (Å²) < 4.78 is 1.91. The van der Waals surface area contributed by atoms with Gasteiger partial charge in [0.15, 0.2) is 0 Å². The minimum Gasteiger partial charge on any atom is -0.272 e. The van der Waals surface area contributed by atoms with Crippen LogP contribution >= 0.6 is 0 Å². The summed E-state index contributed by atoms with van der Waals surface area (Å²) in [5.74, 6) is 0. The molecule has 4 heteroatoms. The summed E-state index contributed by atoms with van der Waals surface area (Å²) in [6.45, 7) is 1.84. The Hall–Kier alpha value is -1.32. The molecule has 0 aromatic carbocycles. The van der Waals surface area contributed by atoms with E-state index in [2.05, 4.69) is 9.98 Å². The third kappa shape index (κ3) is 0.775. The van der Waals surface area contributed by atoms with Gasteiger partial charge in [0.2, 0.25) is 0 Å². The lowest BCUT2D eigenvalue weighted by atomic mass is 10.7. The van der Waals surface area contributed by atoms with Gasteiger partial charge in [-0.3, -0.25) is 10.0 Å². The van der Waals surface area contributed by atoms with Gasteiger partial charge >= 0.3 is 0 Å². The number of rotatable bonds is 1. The Kier molecular flexibility index (Phi) is 1.16. The van der Waals surface area contributed by atoms with Crippen LogP contribution in [0, 0.1) is 0 Å². The first kappa shape index (κ1) is 5.46. The monoisotopic (exact) mass is 136 g/mol. The predicted octanol–water partition coefficient (Wildman–Crippen LogP) is -0.137. The fourth-order valence-corrected chi connectivity index (χ4v) is 0.949. The zero-order valence-electron chi connectivity index (χ0n) is 5.51. The van der Waals surface area contributed by atoms with Crippen molar-refractivity contribution in [3.8, 4) is 0 Å². The minimum absolute atomic E-state index is 0.887.